The van der Waals surface area contributed by atoms with Gasteiger partial charge in [0.15, 0.2) is 0 Å². The maximum Gasteiger partial charge on any atom is 0.240 e. The Morgan fingerprint density at radius 1 is 1.44 bits per heavy atom. The number of carbonyl (C=O) groups is 1. The van der Waals surface area contributed by atoms with E-state index in [1.54, 1.807) is 14.0 Å². The topological polar surface area (TPSA) is 64.3 Å². The van der Waals surface area contributed by atoms with Gasteiger partial charge in [0.25, 0.3) is 0 Å². The van der Waals surface area contributed by atoms with Gasteiger partial charge >= 0.3 is 0 Å². The van der Waals surface area contributed by atoms with Gasteiger partial charge in [-0.25, -0.2) is 0 Å². The fraction of sp³-hybridized carbons (Fsp3) is 0.417. The van der Waals surface area contributed by atoms with E-state index < -0.39 is 11.4 Å². The SMILES string of the molecule is CNC(C)(COc1ccc(C)cc1)C(N)=O. The zero-order chi connectivity index (χ0) is 12.2. The molecule has 0 aliphatic carbocycles. The van der Waals surface area contributed by atoms with E-state index in [0.29, 0.717) is 0 Å². The molecule has 88 valence electrons. The predicted molar refractivity (Wildman–Crippen MR) is 63.3 cm³/mol. The van der Waals surface area contributed by atoms with Crippen LogP contribution in [0.3, 0.4) is 0 Å². The average Bonchev–Trinajstić information content (AvgIpc) is 2.27. The molecule has 0 fully saturated rings. The highest BCUT2D eigenvalue weighted by molar-refractivity contribution is 5.84. The fourth-order valence-corrected chi connectivity index (χ4v) is 1.13. The van der Waals surface area contributed by atoms with Crippen LogP contribution < -0.4 is 15.8 Å². The van der Waals surface area contributed by atoms with E-state index in [1.165, 1.54) is 5.56 Å². The molecule has 3 N–H and O–H groups in total. The Labute approximate surface area is 95.8 Å². The Morgan fingerprint density at radius 2 is 2.00 bits per heavy atom. The second-order valence-electron chi connectivity index (χ2n) is 4.05. The molecule has 4 nitrogen and oxygen atoms in total. The van der Waals surface area contributed by atoms with Crippen molar-refractivity contribution in [2.75, 3.05) is 13.7 Å². The maximum atomic E-state index is 11.2. The zero-order valence-corrected chi connectivity index (χ0v) is 9.91. The minimum Gasteiger partial charge on any atom is -0.491 e. The number of likely N-dealkylation sites (N-methyl/N-ethyl adjacent to an activating group) is 1. The molecule has 4 heteroatoms. The quantitative estimate of drug-likeness (QED) is 0.776. The molecule has 0 aliphatic heterocycles. The number of nitrogens with one attached hydrogen (secondary N) is 1. The van der Waals surface area contributed by atoms with Crippen LogP contribution in [0.2, 0.25) is 0 Å². The number of aryl methyl sites for hydroxylation is 1. The third-order valence-electron chi connectivity index (χ3n) is 2.64. The van der Waals surface area contributed by atoms with E-state index in [4.69, 9.17) is 10.5 Å². The normalized spacial score (nSPS) is 14.2. The smallest absolute Gasteiger partial charge is 0.240 e. The van der Waals surface area contributed by atoms with Crippen LogP contribution in [0.15, 0.2) is 24.3 Å². The van der Waals surface area contributed by atoms with Crippen molar-refractivity contribution < 1.29 is 9.53 Å². The molecular weight excluding hydrogens is 204 g/mol. The number of rotatable bonds is 5. The van der Waals surface area contributed by atoms with Crippen LogP contribution in [0, 0.1) is 6.92 Å². The first-order valence-corrected chi connectivity index (χ1v) is 5.16. The summed E-state index contributed by atoms with van der Waals surface area (Å²) in [6.07, 6.45) is 0. The Morgan fingerprint density at radius 3 is 2.44 bits per heavy atom. The number of hydrogen-bond donors (Lipinski definition) is 2. The third-order valence-corrected chi connectivity index (χ3v) is 2.64. The van der Waals surface area contributed by atoms with Crippen molar-refractivity contribution in [3.8, 4) is 5.75 Å². The number of carbonyl (C=O) groups excluding carboxylic acids is 1. The monoisotopic (exact) mass is 222 g/mol. The molecular formula is C12H18N2O2. The summed E-state index contributed by atoms with van der Waals surface area (Å²) in [6, 6.07) is 7.64. The first-order chi connectivity index (χ1) is 7.48. The van der Waals surface area contributed by atoms with Crippen LogP contribution in [0.4, 0.5) is 0 Å². The van der Waals surface area contributed by atoms with Crippen molar-refractivity contribution in [3.63, 3.8) is 0 Å². The Kier molecular flexibility index (Phi) is 3.90. The molecule has 0 heterocycles. The van der Waals surface area contributed by atoms with Crippen LogP contribution >= 0.6 is 0 Å². The summed E-state index contributed by atoms with van der Waals surface area (Å²) in [6.45, 7) is 3.93. The van der Waals surface area contributed by atoms with Gasteiger partial charge in [-0.15, -0.1) is 0 Å². The summed E-state index contributed by atoms with van der Waals surface area (Å²) in [4.78, 5) is 11.2. The van der Waals surface area contributed by atoms with Crippen LogP contribution in [0.1, 0.15) is 12.5 Å². The Hall–Kier alpha value is -1.55. The van der Waals surface area contributed by atoms with Crippen molar-refractivity contribution in [2.24, 2.45) is 5.73 Å². The summed E-state index contributed by atoms with van der Waals surface area (Å²) in [7, 11) is 1.68. The average molecular weight is 222 g/mol. The van der Waals surface area contributed by atoms with Crippen molar-refractivity contribution in [2.45, 2.75) is 19.4 Å². The molecule has 1 atom stereocenters. The van der Waals surface area contributed by atoms with Gasteiger partial charge in [0.2, 0.25) is 5.91 Å². The standard InChI is InChI=1S/C12H18N2O2/c1-9-4-6-10(7-5-9)16-8-12(2,14-3)11(13)15/h4-7,14H,8H2,1-3H3,(H2,13,15). The van der Waals surface area contributed by atoms with E-state index in [9.17, 15) is 4.79 Å². The molecule has 0 bridgehead atoms. The number of hydrogen-bond acceptors (Lipinski definition) is 3. The van der Waals surface area contributed by atoms with Gasteiger partial charge < -0.3 is 15.8 Å². The minimum absolute atomic E-state index is 0.210. The van der Waals surface area contributed by atoms with Gasteiger partial charge in [0, 0.05) is 0 Å². The lowest BCUT2D eigenvalue weighted by atomic mass is 10.0. The largest absolute Gasteiger partial charge is 0.491 e. The van der Waals surface area contributed by atoms with Gasteiger partial charge in [0.05, 0.1) is 0 Å². The first-order valence-electron chi connectivity index (χ1n) is 5.16. The van der Waals surface area contributed by atoms with Gasteiger partial charge in [-0.2, -0.15) is 0 Å². The molecule has 1 rings (SSSR count). The van der Waals surface area contributed by atoms with E-state index in [-0.39, 0.29) is 6.61 Å². The molecule has 0 radical (unpaired) electrons. The highest BCUT2D eigenvalue weighted by Crippen LogP contribution is 2.13. The predicted octanol–water partition coefficient (Wildman–Crippen LogP) is 0.837. The summed E-state index contributed by atoms with van der Waals surface area (Å²) in [5, 5.41) is 2.86. The van der Waals surface area contributed by atoms with Crippen molar-refractivity contribution in [1.29, 1.82) is 0 Å². The lowest BCUT2D eigenvalue weighted by Crippen LogP contribution is -2.55. The Balaban J connectivity index is 2.63. The van der Waals surface area contributed by atoms with E-state index >= 15 is 0 Å². The van der Waals surface area contributed by atoms with Crippen LogP contribution in [-0.4, -0.2) is 25.1 Å². The van der Waals surface area contributed by atoms with Gasteiger partial charge in [0.1, 0.15) is 17.9 Å². The summed E-state index contributed by atoms with van der Waals surface area (Å²) < 4.78 is 5.52. The molecule has 0 saturated carbocycles. The zero-order valence-electron chi connectivity index (χ0n) is 9.91. The highest BCUT2D eigenvalue weighted by Gasteiger charge is 2.29. The van der Waals surface area contributed by atoms with Crippen molar-refractivity contribution in [3.05, 3.63) is 29.8 Å². The number of nitrogens with two attached hydrogens (primary N) is 1. The third kappa shape index (κ3) is 2.97. The van der Waals surface area contributed by atoms with Gasteiger partial charge in [-0.05, 0) is 33.0 Å². The second kappa shape index (κ2) is 4.99. The minimum atomic E-state index is -0.842. The summed E-state index contributed by atoms with van der Waals surface area (Å²) >= 11 is 0. The van der Waals surface area contributed by atoms with Gasteiger partial charge in [-0.1, -0.05) is 17.7 Å². The summed E-state index contributed by atoms with van der Waals surface area (Å²) in [5.41, 5.74) is 5.61. The number of ether oxygens (including phenoxy) is 1. The van der Waals surface area contributed by atoms with E-state index in [2.05, 4.69) is 5.32 Å². The molecule has 0 aromatic heterocycles. The van der Waals surface area contributed by atoms with E-state index in [0.717, 1.165) is 5.75 Å². The van der Waals surface area contributed by atoms with Gasteiger partial charge in [-0.3, -0.25) is 4.79 Å². The fourth-order valence-electron chi connectivity index (χ4n) is 1.13. The molecule has 16 heavy (non-hydrogen) atoms. The molecule has 1 amide bonds. The first kappa shape index (κ1) is 12.5. The molecule has 1 aromatic rings. The van der Waals surface area contributed by atoms with Crippen molar-refractivity contribution in [1.82, 2.24) is 5.32 Å². The molecule has 0 spiro atoms. The molecule has 1 unspecified atom stereocenters. The molecule has 1 aromatic carbocycles. The Bertz CT molecular complexity index is 362. The van der Waals surface area contributed by atoms with Crippen LogP contribution in [0.25, 0.3) is 0 Å². The maximum absolute atomic E-state index is 11.2. The second-order valence-corrected chi connectivity index (χ2v) is 4.05. The summed E-state index contributed by atoms with van der Waals surface area (Å²) in [5.74, 6) is 0.301. The molecule has 0 saturated heterocycles. The highest BCUT2D eigenvalue weighted by atomic mass is 16.5. The lowest BCUT2D eigenvalue weighted by molar-refractivity contribution is -0.124. The number of primary amides is 1. The van der Waals surface area contributed by atoms with Crippen molar-refractivity contribution >= 4 is 5.91 Å². The molecule has 0 aliphatic rings. The van der Waals surface area contributed by atoms with Crippen LogP contribution in [0.5, 0.6) is 5.75 Å². The number of benzene rings is 1. The lowest BCUT2D eigenvalue weighted by Gasteiger charge is -2.25. The van der Waals surface area contributed by atoms with E-state index in [1.807, 2.05) is 31.2 Å². The number of amides is 1. The van der Waals surface area contributed by atoms with Crippen LogP contribution in [-0.2, 0) is 4.79 Å².